The van der Waals surface area contributed by atoms with Gasteiger partial charge >= 0.3 is 17.8 Å². The first-order valence-corrected chi connectivity index (χ1v) is 12.2. The Morgan fingerprint density at radius 2 is 1.61 bits per heavy atom. The maximum Gasteiger partial charge on any atom is 0.490 e. The standard InChI is InChI=1S/C25H24FN7O4.C2HF3O2/c1-36-19-11-16(17(26)12-20(19)37-2)21(30-14-9-7-13(8-10-14)22(27)28)24-31-25(35)33(32-24)18-6-4-3-5-15(18)23(29)34;3-2(4,5)1(6)7/h3-12,21,30H,1-2H3,(H3,27,28)(H2,29,34)(H,31,32,35);(H,6,7). The lowest BCUT2D eigenvalue weighted by atomic mass is 10.0. The van der Waals surface area contributed by atoms with E-state index in [2.05, 4.69) is 15.4 Å². The number of methoxy groups -OCH3 is 2. The van der Waals surface area contributed by atoms with Crippen LogP contribution >= 0.6 is 0 Å². The van der Waals surface area contributed by atoms with Crippen molar-refractivity contribution in [1.29, 1.82) is 5.41 Å². The van der Waals surface area contributed by atoms with Crippen LogP contribution in [-0.4, -0.2) is 58.0 Å². The fourth-order valence-electron chi connectivity index (χ4n) is 3.80. The van der Waals surface area contributed by atoms with Gasteiger partial charge in [0.25, 0.3) is 5.91 Å². The van der Waals surface area contributed by atoms with Gasteiger partial charge in [0.05, 0.1) is 25.5 Å². The summed E-state index contributed by atoms with van der Waals surface area (Å²) < 4.78 is 58.6. The number of carboxylic acid groups (broad SMARTS) is 1. The molecule has 3 aromatic carbocycles. The number of anilines is 1. The van der Waals surface area contributed by atoms with E-state index in [9.17, 15) is 22.8 Å². The van der Waals surface area contributed by atoms with Crippen molar-refractivity contribution in [2.24, 2.45) is 11.5 Å². The summed E-state index contributed by atoms with van der Waals surface area (Å²) in [4.78, 5) is 36.4. The van der Waals surface area contributed by atoms with Gasteiger partial charge in [-0.25, -0.2) is 14.0 Å². The molecule has 0 aliphatic carbocycles. The predicted octanol–water partition coefficient (Wildman–Crippen LogP) is 2.93. The molecule has 4 aromatic rings. The molecule has 13 nitrogen and oxygen atoms in total. The summed E-state index contributed by atoms with van der Waals surface area (Å²) in [6, 6.07) is 14.4. The van der Waals surface area contributed by atoms with E-state index in [4.69, 9.17) is 36.3 Å². The number of alkyl halides is 3. The highest BCUT2D eigenvalue weighted by Gasteiger charge is 2.38. The van der Waals surface area contributed by atoms with Gasteiger partial charge in [-0.1, -0.05) is 12.1 Å². The van der Waals surface area contributed by atoms with Crippen molar-refractivity contribution in [3.05, 3.63) is 99.5 Å². The summed E-state index contributed by atoms with van der Waals surface area (Å²) >= 11 is 0. The third-order valence-corrected chi connectivity index (χ3v) is 5.87. The number of halogens is 4. The van der Waals surface area contributed by atoms with Gasteiger partial charge < -0.3 is 31.4 Å². The van der Waals surface area contributed by atoms with Gasteiger partial charge in [0.2, 0.25) is 0 Å². The van der Waals surface area contributed by atoms with E-state index in [1.165, 1.54) is 38.5 Å². The summed E-state index contributed by atoms with van der Waals surface area (Å²) in [5.74, 6) is -3.76. The maximum absolute atomic E-state index is 15.4. The van der Waals surface area contributed by atoms with Crippen LogP contribution in [-0.2, 0) is 4.79 Å². The number of nitrogen functional groups attached to an aromatic ring is 1. The Kier molecular flexibility index (Phi) is 9.94. The zero-order valence-corrected chi connectivity index (χ0v) is 22.9. The van der Waals surface area contributed by atoms with E-state index < -0.39 is 35.6 Å². The molecule has 8 N–H and O–H groups in total. The number of para-hydroxylation sites is 1. The van der Waals surface area contributed by atoms with Gasteiger partial charge in [-0.05, 0) is 42.5 Å². The highest BCUT2D eigenvalue weighted by Crippen LogP contribution is 2.35. The van der Waals surface area contributed by atoms with Gasteiger partial charge in [-0.3, -0.25) is 15.2 Å². The highest BCUT2D eigenvalue weighted by atomic mass is 19.4. The number of carbonyl (C=O) groups excluding carboxylic acids is 1. The molecule has 1 atom stereocenters. The summed E-state index contributed by atoms with van der Waals surface area (Å²) in [7, 11) is 2.80. The number of aliphatic carboxylic acids is 1. The van der Waals surface area contributed by atoms with Gasteiger partial charge in [0.1, 0.15) is 17.7 Å². The first-order valence-electron chi connectivity index (χ1n) is 12.2. The van der Waals surface area contributed by atoms with Gasteiger partial charge in [0, 0.05) is 22.9 Å². The molecule has 0 aliphatic rings. The molecule has 0 radical (unpaired) electrons. The van der Waals surface area contributed by atoms with Crippen LogP contribution in [0.5, 0.6) is 11.5 Å². The molecular formula is C27H25F4N7O6. The third kappa shape index (κ3) is 7.50. The van der Waals surface area contributed by atoms with Crippen LogP contribution in [0.3, 0.4) is 0 Å². The van der Waals surface area contributed by atoms with Crippen molar-refractivity contribution in [2.45, 2.75) is 12.2 Å². The lowest BCUT2D eigenvalue weighted by molar-refractivity contribution is -0.192. The number of hydrogen-bond acceptors (Lipinski definition) is 8. The fraction of sp³-hybridized carbons (Fsp3) is 0.148. The fourth-order valence-corrected chi connectivity index (χ4v) is 3.80. The number of amidine groups is 1. The minimum absolute atomic E-state index is 0.0473. The Morgan fingerprint density at radius 1 is 1.05 bits per heavy atom. The second-order valence-electron chi connectivity index (χ2n) is 8.71. The number of nitrogens with two attached hydrogens (primary N) is 2. The van der Waals surface area contributed by atoms with Crippen LogP contribution in [0.2, 0.25) is 0 Å². The largest absolute Gasteiger partial charge is 0.493 e. The number of aromatic nitrogens is 3. The Balaban J connectivity index is 0.000000676. The average Bonchev–Trinajstić information content (AvgIpc) is 3.36. The highest BCUT2D eigenvalue weighted by molar-refractivity contribution is 5.96. The number of primary amides is 1. The van der Waals surface area contributed by atoms with E-state index in [-0.39, 0.29) is 40.0 Å². The van der Waals surface area contributed by atoms with Crippen molar-refractivity contribution in [1.82, 2.24) is 14.8 Å². The molecule has 1 unspecified atom stereocenters. The van der Waals surface area contributed by atoms with Crippen LogP contribution in [0.25, 0.3) is 5.69 Å². The Hall–Kier alpha value is -5.87. The van der Waals surface area contributed by atoms with Crippen molar-refractivity contribution >= 4 is 23.4 Å². The Labute approximate surface area is 245 Å². The average molecular weight is 620 g/mol. The zero-order chi connectivity index (χ0) is 32.8. The minimum atomic E-state index is -5.08. The number of aromatic amines is 1. The molecule has 0 saturated carbocycles. The molecule has 17 heteroatoms. The molecule has 0 spiro atoms. The van der Waals surface area contributed by atoms with Gasteiger partial charge in [-0.15, -0.1) is 5.10 Å². The molecule has 0 saturated heterocycles. The molecule has 0 aliphatic heterocycles. The van der Waals surface area contributed by atoms with E-state index >= 15 is 4.39 Å². The molecule has 232 valence electrons. The number of rotatable bonds is 9. The topological polar surface area (TPSA) is 211 Å². The molecule has 1 amide bonds. The second-order valence-corrected chi connectivity index (χ2v) is 8.71. The number of H-pyrrole nitrogens is 1. The van der Waals surface area contributed by atoms with E-state index in [1.54, 1.807) is 36.4 Å². The van der Waals surface area contributed by atoms with Crippen LogP contribution in [0, 0.1) is 11.2 Å². The second kappa shape index (κ2) is 13.4. The number of benzene rings is 3. The van der Waals surface area contributed by atoms with Crippen LogP contribution < -0.4 is 31.9 Å². The number of hydrogen-bond donors (Lipinski definition) is 6. The summed E-state index contributed by atoms with van der Waals surface area (Å²) in [5, 5.41) is 22.2. The van der Waals surface area contributed by atoms with Crippen molar-refractivity contribution in [2.75, 3.05) is 19.5 Å². The van der Waals surface area contributed by atoms with E-state index in [0.717, 1.165) is 4.68 Å². The first kappa shape index (κ1) is 32.6. The number of ether oxygens (including phenoxy) is 2. The normalized spacial score (nSPS) is 11.5. The molecule has 0 bridgehead atoms. The monoisotopic (exact) mass is 619 g/mol. The third-order valence-electron chi connectivity index (χ3n) is 5.87. The summed E-state index contributed by atoms with van der Waals surface area (Å²) in [5.41, 5.74) is 11.7. The lowest BCUT2D eigenvalue weighted by Crippen LogP contribution is -2.21. The molecule has 1 aromatic heterocycles. The maximum atomic E-state index is 15.4. The number of carbonyl (C=O) groups is 2. The van der Waals surface area contributed by atoms with Crippen LogP contribution in [0.1, 0.15) is 33.4 Å². The number of amides is 1. The van der Waals surface area contributed by atoms with Gasteiger partial charge in [0.15, 0.2) is 17.3 Å². The minimum Gasteiger partial charge on any atom is -0.493 e. The van der Waals surface area contributed by atoms with Crippen LogP contribution in [0.15, 0.2) is 65.5 Å². The quantitative estimate of drug-likeness (QED) is 0.0922. The van der Waals surface area contributed by atoms with Crippen molar-refractivity contribution in [3.63, 3.8) is 0 Å². The molecule has 0 fully saturated rings. The predicted molar refractivity (Wildman–Crippen MR) is 149 cm³/mol. The van der Waals surface area contributed by atoms with Crippen molar-refractivity contribution < 1.29 is 41.7 Å². The smallest absolute Gasteiger partial charge is 0.490 e. The number of nitrogens with zero attached hydrogens (tertiary/aromatic N) is 2. The number of carboxylic acids is 1. The lowest BCUT2D eigenvalue weighted by Gasteiger charge is -2.20. The summed E-state index contributed by atoms with van der Waals surface area (Å²) in [6.07, 6.45) is -5.08. The SMILES string of the molecule is COc1cc(F)c(C(Nc2ccc(C(=N)N)cc2)c2nn(-c3ccccc3C(N)=O)c(=O)[nH]2)cc1OC.O=C(O)C(F)(F)F. The van der Waals surface area contributed by atoms with E-state index in [1.807, 2.05) is 0 Å². The molecule has 1 heterocycles. The first-order chi connectivity index (χ1) is 20.7. The Bertz CT molecular complexity index is 1740. The zero-order valence-electron chi connectivity index (χ0n) is 22.9. The van der Waals surface area contributed by atoms with Crippen molar-refractivity contribution in [3.8, 4) is 17.2 Å². The molecule has 44 heavy (non-hydrogen) atoms. The Morgan fingerprint density at radius 3 is 2.14 bits per heavy atom. The summed E-state index contributed by atoms with van der Waals surface area (Å²) in [6.45, 7) is 0. The van der Waals surface area contributed by atoms with Gasteiger partial charge in [-0.2, -0.15) is 17.9 Å². The number of nitrogens with one attached hydrogen (secondary N) is 3. The van der Waals surface area contributed by atoms with Crippen LogP contribution in [0.4, 0.5) is 23.2 Å². The molecule has 4 rings (SSSR count). The molecular weight excluding hydrogens is 594 g/mol. The van der Waals surface area contributed by atoms with E-state index in [0.29, 0.717) is 11.3 Å².